The van der Waals surface area contributed by atoms with E-state index >= 15 is 0 Å². The Bertz CT molecular complexity index is 298. The van der Waals surface area contributed by atoms with E-state index in [0.717, 1.165) is 8.66 Å². The molecule has 0 aliphatic heterocycles. The zero-order valence-corrected chi connectivity index (χ0v) is 10.0. The molecule has 0 spiro atoms. The maximum absolute atomic E-state index is 11.5. The molecule has 1 N–H and O–H groups in total. The van der Waals surface area contributed by atoms with Gasteiger partial charge in [0.05, 0.1) is 9.83 Å². The minimum absolute atomic E-state index is 0.0547. The molecule has 1 aromatic heterocycles. The second-order valence-corrected chi connectivity index (χ2v) is 5.41. The van der Waals surface area contributed by atoms with Crippen molar-refractivity contribution in [3.8, 4) is 0 Å². The number of carbonyl (C=O) groups is 1. The van der Waals surface area contributed by atoms with E-state index < -0.39 is 0 Å². The fraction of sp³-hybridized carbons (Fsp3) is 0.444. The number of carbonyl (C=O) groups excluding carboxylic acids is 1. The minimum Gasteiger partial charge on any atom is -0.311 e. The molecule has 1 atom stereocenters. The number of hydrogen-bond donors (Lipinski definition) is 1. The van der Waals surface area contributed by atoms with E-state index in [1.807, 2.05) is 19.1 Å². The first-order chi connectivity index (χ1) is 6.13. The average molecular weight is 262 g/mol. The van der Waals surface area contributed by atoms with Crippen LogP contribution in [0.1, 0.15) is 11.8 Å². The molecule has 0 aliphatic carbocycles. The molecule has 13 heavy (non-hydrogen) atoms. The van der Waals surface area contributed by atoms with Crippen molar-refractivity contribution in [2.24, 2.45) is 0 Å². The van der Waals surface area contributed by atoms with Crippen LogP contribution in [0, 0.1) is 0 Å². The fourth-order valence-electron chi connectivity index (χ4n) is 0.933. The molecule has 0 bridgehead atoms. The van der Waals surface area contributed by atoms with E-state index in [4.69, 9.17) is 0 Å². The van der Waals surface area contributed by atoms with Gasteiger partial charge in [0.1, 0.15) is 0 Å². The number of ketones is 1. The summed E-state index contributed by atoms with van der Waals surface area (Å²) in [7, 11) is 1.80. The highest BCUT2D eigenvalue weighted by Crippen LogP contribution is 2.22. The molecule has 0 radical (unpaired) electrons. The summed E-state index contributed by atoms with van der Waals surface area (Å²) in [4.78, 5) is 12.6. The van der Waals surface area contributed by atoms with Gasteiger partial charge in [0, 0.05) is 11.3 Å². The van der Waals surface area contributed by atoms with E-state index in [-0.39, 0.29) is 11.8 Å². The molecule has 0 fully saturated rings. The van der Waals surface area contributed by atoms with Gasteiger partial charge in [-0.15, -0.1) is 11.3 Å². The predicted molar refractivity (Wildman–Crippen MR) is 59.3 cm³/mol. The molecule has 4 heteroatoms. The third-order valence-corrected chi connectivity index (χ3v) is 3.52. The molecule has 1 heterocycles. The first-order valence-corrected chi connectivity index (χ1v) is 5.68. The van der Waals surface area contributed by atoms with Crippen LogP contribution in [0.15, 0.2) is 15.9 Å². The van der Waals surface area contributed by atoms with Gasteiger partial charge in [-0.25, -0.2) is 0 Å². The van der Waals surface area contributed by atoms with E-state index in [9.17, 15) is 4.79 Å². The van der Waals surface area contributed by atoms with E-state index in [0.29, 0.717) is 6.42 Å². The number of nitrogens with one attached hydrogen (secondary N) is 1. The Morgan fingerprint density at radius 3 is 2.85 bits per heavy atom. The number of Topliss-reactive ketones (excluding diaryl/α,β-unsaturated/α-hetero) is 1. The smallest absolute Gasteiger partial charge is 0.154 e. The van der Waals surface area contributed by atoms with Crippen molar-refractivity contribution in [1.29, 1.82) is 0 Å². The summed E-state index contributed by atoms with van der Waals surface area (Å²) in [5, 5.41) is 2.94. The lowest BCUT2D eigenvalue weighted by Gasteiger charge is -2.06. The third-order valence-electron chi connectivity index (χ3n) is 1.89. The summed E-state index contributed by atoms with van der Waals surface area (Å²) in [6, 6.07) is 3.90. The summed E-state index contributed by atoms with van der Waals surface area (Å²) in [6.07, 6.45) is 0.526. The van der Waals surface area contributed by atoms with Gasteiger partial charge in [-0.2, -0.15) is 0 Å². The van der Waals surface area contributed by atoms with Crippen LogP contribution >= 0.6 is 27.3 Å². The maximum atomic E-state index is 11.5. The van der Waals surface area contributed by atoms with E-state index in [1.54, 1.807) is 18.4 Å². The number of halogens is 1. The molecule has 1 rings (SSSR count). The summed E-state index contributed by atoms with van der Waals surface area (Å²) >= 11 is 4.98. The standard InChI is InChI=1S/C9H12BrNOS/c1-6(11-2)8(12)5-7-3-4-9(10)13-7/h3-4,6,11H,5H2,1-2H3. The normalized spacial score (nSPS) is 12.8. The summed E-state index contributed by atoms with van der Waals surface area (Å²) < 4.78 is 1.08. The van der Waals surface area contributed by atoms with Crippen molar-refractivity contribution >= 4 is 33.0 Å². The molecule has 0 aliphatic rings. The van der Waals surface area contributed by atoms with Crippen LogP contribution in [0.2, 0.25) is 0 Å². The Balaban J connectivity index is 2.54. The van der Waals surface area contributed by atoms with Crippen molar-refractivity contribution in [3.63, 3.8) is 0 Å². The fourth-order valence-corrected chi connectivity index (χ4v) is 2.43. The first kappa shape index (κ1) is 10.9. The predicted octanol–water partition coefficient (Wildman–Crippen LogP) is 2.23. The lowest BCUT2D eigenvalue weighted by molar-refractivity contribution is -0.119. The van der Waals surface area contributed by atoms with Crippen LogP contribution in [0.5, 0.6) is 0 Å². The highest BCUT2D eigenvalue weighted by molar-refractivity contribution is 9.11. The van der Waals surface area contributed by atoms with Crippen LogP contribution in [0.25, 0.3) is 0 Å². The van der Waals surface area contributed by atoms with Crippen molar-refractivity contribution in [2.45, 2.75) is 19.4 Å². The van der Waals surface area contributed by atoms with Crippen LogP contribution in [-0.4, -0.2) is 18.9 Å². The van der Waals surface area contributed by atoms with Gasteiger partial charge in [0.2, 0.25) is 0 Å². The molecule has 0 saturated carbocycles. The lowest BCUT2D eigenvalue weighted by Crippen LogP contribution is -2.31. The number of hydrogen-bond acceptors (Lipinski definition) is 3. The monoisotopic (exact) mass is 261 g/mol. The maximum Gasteiger partial charge on any atom is 0.154 e. The Kier molecular flexibility index (Phi) is 4.09. The SMILES string of the molecule is CNC(C)C(=O)Cc1ccc(Br)s1. The number of thiophene rings is 1. The molecule has 0 aromatic carbocycles. The summed E-state index contributed by atoms with van der Waals surface area (Å²) in [5.41, 5.74) is 0. The summed E-state index contributed by atoms with van der Waals surface area (Å²) in [6.45, 7) is 1.88. The minimum atomic E-state index is -0.0547. The quantitative estimate of drug-likeness (QED) is 0.901. The topological polar surface area (TPSA) is 29.1 Å². The van der Waals surface area contributed by atoms with E-state index in [1.165, 1.54) is 0 Å². The Morgan fingerprint density at radius 1 is 1.69 bits per heavy atom. The zero-order valence-electron chi connectivity index (χ0n) is 7.63. The van der Waals surface area contributed by atoms with Crippen LogP contribution in [0.3, 0.4) is 0 Å². The highest BCUT2D eigenvalue weighted by atomic mass is 79.9. The zero-order chi connectivity index (χ0) is 9.84. The van der Waals surface area contributed by atoms with Crippen molar-refractivity contribution in [3.05, 3.63) is 20.8 Å². The highest BCUT2D eigenvalue weighted by Gasteiger charge is 2.11. The van der Waals surface area contributed by atoms with Crippen molar-refractivity contribution < 1.29 is 4.79 Å². The van der Waals surface area contributed by atoms with Gasteiger partial charge in [0.25, 0.3) is 0 Å². The first-order valence-electron chi connectivity index (χ1n) is 4.07. The molecule has 1 unspecified atom stereocenters. The van der Waals surface area contributed by atoms with Gasteiger partial charge in [-0.1, -0.05) is 0 Å². The Labute approximate surface area is 90.5 Å². The van der Waals surface area contributed by atoms with Gasteiger partial charge in [-0.3, -0.25) is 4.79 Å². The van der Waals surface area contributed by atoms with Crippen LogP contribution in [0.4, 0.5) is 0 Å². The molecule has 1 aromatic rings. The molecule has 0 amide bonds. The molecular weight excluding hydrogens is 250 g/mol. The second-order valence-electron chi connectivity index (χ2n) is 2.86. The third kappa shape index (κ3) is 3.21. The molecule has 0 saturated heterocycles. The van der Waals surface area contributed by atoms with Gasteiger partial charge < -0.3 is 5.32 Å². The van der Waals surface area contributed by atoms with Crippen LogP contribution in [-0.2, 0) is 11.2 Å². The van der Waals surface area contributed by atoms with Gasteiger partial charge >= 0.3 is 0 Å². The van der Waals surface area contributed by atoms with Gasteiger partial charge in [-0.05, 0) is 42.0 Å². The summed E-state index contributed by atoms with van der Waals surface area (Å²) in [5.74, 6) is 0.233. The van der Waals surface area contributed by atoms with E-state index in [2.05, 4.69) is 21.2 Å². The van der Waals surface area contributed by atoms with Crippen molar-refractivity contribution in [2.75, 3.05) is 7.05 Å². The average Bonchev–Trinajstić information content (AvgIpc) is 2.49. The second kappa shape index (κ2) is 4.88. The van der Waals surface area contributed by atoms with Crippen molar-refractivity contribution in [1.82, 2.24) is 5.32 Å². The molecule has 72 valence electrons. The number of rotatable bonds is 4. The molecular formula is C9H12BrNOS. The molecule has 2 nitrogen and oxygen atoms in total. The lowest BCUT2D eigenvalue weighted by atomic mass is 10.1. The largest absolute Gasteiger partial charge is 0.311 e. The Morgan fingerprint density at radius 2 is 2.38 bits per heavy atom. The van der Waals surface area contributed by atoms with Gasteiger partial charge in [0.15, 0.2) is 5.78 Å². The Hall–Kier alpha value is -0.190. The number of likely N-dealkylation sites (N-methyl/N-ethyl adjacent to an activating group) is 1. The van der Waals surface area contributed by atoms with Crippen LogP contribution < -0.4 is 5.32 Å².